The zero-order chi connectivity index (χ0) is 12.3. The lowest BCUT2D eigenvalue weighted by atomic mass is 10.2. The van der Waals surface area contributed by atoms with E-state index in [0.29, 0.717) is 19.6 Å². The molecule has 0 saturated carbocycles. The minimum Gasteiger partial charge on any atom is -0.465 e. The molecular formula is C11H20N2O3. The minimum absolute atomic E-state index is 0.0151. The topological polar surface area (TPSA) is 60.9 Å². The van der Waals surface area contributed by atoms with Crippen molar-refractivity contribution in [2.45, 2.75) is 33.2 Å². The fourth-order valence-corrected chi connectivity index (χ4v) is 2.11. The summed E-state index contributed by atoms with van der Waals surface area (Å²) in [5.41, 5.74) is 0. The number of carbonyl (C=O) groups excluding carboxylic acids is 1. The summed E-state index contributed by atoms with van der Waals surface area (Å²) in [5.74, 6) is 0.0996. The summed E-state index contributed by atoms with van der Waals surface area (Å²) in [7, 11) is 0. The molecule has 1 N–H and O–H groups in total. The Morgan fingerprint density at radius 1 is 1.50 bits per heavy atom. The van der Waals surface area contributed by atoms with Gasteiger partial charge < -0.3 is 14.9 Å². The molecule has 1 saturated heterocycles. The highest BCUT2D eigenvalue weighted by atomic mass is 16.4. The van der Waals surface area contributed by atoms with Crippen LogP contribution >= 0.6 is 0 Å². The van der Waals surface area contributed by atoms with Gasteiger partial charge in [-0.3, -0.25) is 4.79 Å². The summed E-state index contributed by atoms with van der Waals surface area (Å²) in [6, 6.07) is -0.0369. The van der Waals surface area contributed by atoms with Gasteiger partial charge in [0.05, 0.1) is 6.04 Å². The molecule has 0 unspecified atom stereocenters. The molecule has 1 aliphatic rings. The lowest BCUT2D eigenvalue weighted by Crippen LogP contribution is -2.42. The number of likely N-dealkylation sites (N-methyl/N-ethyl adjacent to an activating group) is 1. The van der Waals surface area contributed by atoms with Crippen LogP contribution in [-0.4, -0.2) is 52.6 Å². The molecule has 5 nitrogen and oxygen atoms in total. The van der Waals surface area contributed by atoms with Crippen molar-refractivity contribution in [3.05, 3.63) is 0 Å². The Hall–Kier alpha value is -1.26. The van der Waals surface area contributed by atoms with Gasteiger partial charge in [0.15, 0.2) is 0 Å². The third kappa shape index (κ3) is 2.65. The van der Waals surface area contributed by atoms with Crippen LogP contribution in [0.2, 0.25) is 0 Å². The highest BCUT2D eigenvalue weighted by Gasteiger charge is 2.32. The van der Waals surface area contributed by atoms with Crippen molar-refractivity contribution in [3.8, 4) is 0 Å². The van der Waals surface area contributed by atoms with Crippen molar-refractivity contribution in [3.63, 3.8) is 0 Å². The number of amides is 2. The summed E-state index contributed by atoms with van der Waals surface area (Å²) >= 11 is 0. The molecule has 0 radical (unpaired) electrons. The molecule has 92 valence electrons. The van der Waals surface area contributed by atoms with Gasteiger partial charge in [-0.05, 0) is 13.3 Å². The fourth-order valence-electron chi connectivity index (χ4n) is 2.11. The third-order valence-electron chi connectivity index (χ3n) is 3.00. The van der Waals surface area contributed by atoms with E-state index in [9.17, 15) is 9.59 Å². The van der Waals surface area contributed by atoms with Gasteiger partial charge in [0.25, 0.3) is 0 Å². The fraction of sp³-hybridized carbons (Fsp3) is 0.818. The molecule has 0 aromatic carbocycles. The maximum atomic E-state index is 11.7. The molecule has 0 bridgehead atoms. The number of nitrogens with zero attached hydrogens (tertiary/aromatic N) is 2. The van der Waals surface area contributed by atoms with Gasteiger partial charge in [0.1, 0.15) is 0 Å². The molecule has 5 heteroatoms. The molecule has 1 heterocycles. The largest absolute Gasteiger partial charge is 0.465 e. The van der Waals surface area contributed by atoms with Gasteiger partial charge in [0.2, 0.25) is 5.91 Å². The van der Waals surface area contributed by atoms with Crippen LogP contribution in [0.25, 0.3) is 0 Å². The number of carboxylic acid groups (broad SMARTS) is 1. The van der Waals surface area contributed by atoms with Gasteiger partial charge in [0, 0.05) is 25.6 Å². The summed E-state index contributed by atoms with van der Waals surface area (Å²) in [4.78, 5) is 25.9. The Balaban J connectivity index is 2.58. The van der Waals surface area contributed by atoms with Crippen LogP contribution in [0, 0.1) is 5.92 Å². The first-order valence-corrected chi connectivity index (χ1v) is 5.75. The predicted octanol–water partition coefficient (Wildman–Crippen LogP) is 1.24. The van der Waals surface area contributed by atoms with Crippen molar-refractivity contribution in [2.24, 2.45) is 5.92 Å². The summed E-state index contributed by atoms with van der Waals surface area (Å²) < 4.78 is 0. The zero-order valence-electron chi connectivity index (χ0n) is 10.1. The average molecular weight is 228 g/mol. The first-order chi connectivity index (χ1) is 7.47. The normalized spacial score (nSPS) is 20.2. The van der Waals surface area contributed by atoms with Crippen LogP contribution < -0.4 is 0 Å². The van der Waals surface area contributed by atoms with Gasteiger partial charge >= 0.3 is 6.09 Å². The highest BCUT2D eigenvalue weighted by molar-refractivity contribution is 5.78. The average Bonchev–Trinajstić information content (AvgIpc) is 2.66. The molecule has 16 heavy (non-hydrogen) atoms. The minimum atomic E-state index is -0.897. The van der Waals surface area contributed by atoms with E-state index < -0.39 is 6.09 Å². The molecule has 1 fully saturated rings. The molecule has 0 aromatic heterocycles. The number of likely N-dealkylation sites (tertiary alicyclic amines) is 1. The van der Waals surface area contributed by atoms with E-state index in [0.717, 1.165) is 6.42 Å². The zero-order valence-corrected chi connectivity index (χ0v) is 10.1. The van der Waals surface area contributed by atoms with Crippen LogP contribution in [0.1, 0.15) is 27.2 Å². The first-order valence-electron chi connectivity index (χ1n) is 5.75. The first kappa shape index (κ1) is 12.8. The molecule has 1 atom stereocenters. The Kier molecular flexibility index (Phi) is 4.15. The second-order valence-corrected chi connectivity index (χ2v) is 4.45. The van der Waals surface area contributed by atoms with E-state index in [1.807, 2.05) is 20.8 Å². The Morgan fingerprint density at radius 3 is 2.56 bits per heavy atom. The van der Waals surface area contributed by atoms with Crippen molar-refractivity contribution in [2.75, 3.05) is 19.6 Å². The Morgan fingerprint density at radius 2 is 2.12 bits per heavy atom. The third-order valence-corrected chi connectivity index (χ3v) is 3.00. The molecule has 0 spiro atoms. The highest BCUT2D eigenvalue weighted by Crippen LogP contribution is 2.17. The van der Waals surface area contributed by atoms with Crippen LogP contribution in [-0.2, 0) is 4.79 Å². The quantitative estimate of drug-likeness (QED) is 0.790. The second kappa shape index (κ2) is 5.18. The van der Waals surface area contributed by atoms with E-state index in [-0.39, 0.29) is 17.9 Å². The van der Waals surface area contributed by atoms with Crippen LogP contribution in [0.15, 0.2) is 0 Å². The molecule has 2 amide bonds. The van der Waals surface area contributed by atoms with E-state index in [4.69, 9.17) is 5.11 Å². The Bertz CT molecular complexity index is 278. The van der Waals surface area contributed by atoms with E-state index in [2.05, 4.69) is 0 Å². The van der Waals surface area contributed by atoms with E-state index >= 15 is 0 Å². The number of hydrogen-bond donors (Lipinski definition) is 1. The Labute approximate surface area is 96.0 Å². The van der Waals surface area contributed by atoms with Crippen molar-refractivity contribution in [1.82, 2.24) is 9.80 Å². The van der Waals surface area contributed by atoms with E-state index in [1.165, 1.54) is 4.90 Å². The summed E-state index contributed by atoms with van der Waals surface area (Å²) in [6.45, 7) is 7.24. The number of carbonyl (C=O) groups is 2. The molecule has 0 aromatic rings. The summed E-state index contributed by atoms with van der Waals surface area (Å²) in [5, 5.41) is 8.99. The second-order valence-electron chi connectivity index (χ2n) is 4.45. The number of rotatable bonds is 3. The predicted molar refractivity (Wildman–Crippen MR) is 60.2 cm³/mol. The van der Waals surface area contributed by atoms with Gasteiger partial charge in [-0.15, -0.1) is 0 Å². The van der Waals surface area contributed by atoms with Crippen molar-refractivity contribution in [1.29, 1.82) is 0 Å². The van der Waals surface area contributed by atoms with Crippen molar-refractivity contribution < 1.29 is 14.7 Å². The maximum Gasteiger partial charge on any atom is 0.407 e. The number of hydrogen-bond acceptors (Lipinski definition) is 2. The molecule has 1 aliphatic heterocycles. The van der Waals surface area contributed by atoms with Crippen LogP contribution in [0.3, 0.4) is 0 Å². The van der Waals surface area contributed by atoms with Crippen LogP contribution in [0.4, 0.5) is 4.79 Å². The van der Waals surface area contributed by atoms with Crippen molar-refractivity contribution >= 4 is 12.0 Å². The SMILES string of the molecule is CCN(C(=O)O)[C@@H]1CCN(C(=O)C(C)C)C1. The lowest BCUT2D eigenvalue weighted by Gasteiger charge is -2.25. The van der Waals surface area contributed by atoms with E-state index in [1.54, 1.807) is 4.90 Å². The van der Waals surface area contributed by atoms with Gasteiger partial charge in [-0.2, -0.15) is 0 Å². The van der Waals surface area contributed by atoms with Gasteiger partial charge in [-0.25, -0.2) is 4.79 Å². The molecule has 0 aliphatic carbocycles. The molecule has 1 rings (SSSR count). The molecular weight excluding hydrogens is 208 g/mol. The smallest absolute Gasteiger partial charge is 0.407 e. The maximum absolute atomic E-state index is 11.7. The summed E-state index contributed by atoms with van der Waals surface area (Å²) in [6.07, 6.45) is -0.148. The lowest BCUT2D eigenvalue weighted by molar-refractivity contribution is -0.133. The monoisotopic (exact) mass is 228 g/mol. The standard InChI is InChI=1S/C11H20N2O3/c1-4-13(11(15)16)9-5-6-12(7-9)10(14)8(2)3/h8-9H,4-7H2,1-3H3,(H,15,16)/t9-/m1/s1. The van der Waals surface area contributed by atoms with Crippen LogP contribution in [0.5, 0.6) is 0 Å². The van der Waals surface area contributed by atoms with Gasteiger partial charge in [-0.1, -0.05) is 13.8 Å².